The second-order valence-corrected chi connectivity index (χ2v) is 6.93. The molecule has 1 saturated carbocycles. The van der Waals surface area contributed by atoms with Gasteiger partial charge >= 0.3 is 12.0 Å². The van der Waals surface area contributed by atoms with Crippen LogP contribution in [0.2, 0.25) is 0 Å². The second kappa shape index (κ2) is 5.85. The summed E-state index contributed by atoms with van der Waals surface area (Å²) in [5.41, 5.74) is 0. The van der Waals surface area contributed by atoms with Crippen LogP contribution in [0.15, 0.2) is 0 Å². The number of aliphatic carboxylic acids is 1. The number of urea groups is 1. The SMILES string of the molecule is CCCN(C(=O)N1C2CCC1CC(CC(=O)O)C2)C1CC1. The summed E-state index contributed by atoms with van der Waals surface area (Å²) in [4.78, 5) is 28.0. The van der Waals surface area contributed by atoms with Gasteiger partial charge in [-0.25, -0.2) is 4.79 Å². The lowest BCUT2D eigenvalue weighted by Crippen LogP contribution is -2.53. The predicted octanol–water partition coefficient (Wildman–Crippen LogP) is 2.70. The number of carboxylic acid groups (broad SMARTS) is 1. The lowest BCUT2D eigenvalue weighted by Gasteiger charge is -2.41. The second-order valence-electron chi connectivity index (χ2n) is 6.93. The summed E-state index contributed by atoms with van der Waals surface area (Å²) >= 11 is 0. The van der Waals surface area contributed by atoms with Crippen LogP contribution in [0.1, 0.15) is 58.3 Å². The first-order chi connectivity index (χ1) is 10.1. The molecule has 0 spiro atoms. The van der Waals surface area contributed by atoms with Gasteiger partial charge < -0.3 is 14.9 Å². The summed E-state index contributed by atoms with van der Waals surface area (Å²) in [5.74, 6) is -0.450. The number of carbonyl (C=O) groups excluding carboxylic acids is 1. The third kappa shape index (κ3) is 3.01. The average Bonchev–Trinajstić information content (AvgIpc) is 3.21. The van der Waals surface area contributed by atoms with Gasteiger partial charge in [-0.1, -0.05) is 6.92 Å². The molecule has 5 heteroatoms. The zero-order valence-corrected chi connectivity index (χ0v) is 12.8. The number of carbonyl (C=O) groups is 2. The van der Waals surface area contributed by atoms with Gasteiger partial charge in [-0.3, -0.25) is 4.79 Å². The topological polar surface area (TPSA) is 60.9 Å². The van der Waals surface area contributed by atoms with Gasteiger partial charge in [-0.05, 0) is 50.9 Å². The Labute approximate surface area is 126 Å². The zero-order chi connectivity index (χ0) is 15.0. The molecular formula is C16H26N2O3. The maximum Gasteiger partial charge on any atom is 0.320 e. The van der Waals surface area contributed by atoms with E-state index in [9.17, 15) is 9.59 Å². The number of amides is 2. The summed E-state index contributed by atoms with van der Waals surface area (Å²) in [6.07, 6.45) is 7.42. The van der Waals surface area contributed by atoms with Crippen molar-refractivity contribution in [1.82, 2.24) is 9.80 Å². The molecule has 0 aromatic heterocycles. The zero-order valence-electron chi connectivity index (χ0n) is 12.8. The van der Waals surface area contributed by atoms with Crippen LogP contribution in [0.5, 0.6) is 0 Å². The summed E-state index contributed by atoms with van der Waals surface area (Å²) in [7, 11) is 0. The standard InChI is InChI=1S/C16H26N2O3/c1-2-7-17(12-3-4-12)16(21)18-13-5-6-14(18)9-11(8-13)10-15(19)20/h11-14H,2-10H2,1H3,(H,19,20). The van der Waals surface area contributed by atoms with E-state index in [1.54, 1.807) is 0 Å². The molecule has 118 valence electrons. The number of hydrogen-bond donors (Lipinski definition) is 1. The summed E-state index contributed by atoms with van der Waals surface area (Å²) in [6.45, 7) is 2.98. The Balaban J connectivity index is 1.66. The molecule has 1 N–H and O–H groups in total. The van der Waals surface area contributed by atoms with Crippen molar-refractivity contribution in [3.63, 3.8) is 0 Å². The number of fused-ring (bicyclic) bond motifs is 2. The fraction of sp³-hybridized carbons (Fsp3) is 0.875. The van der Waals surface area contributed by atoms with Gasteiger partial charge in [0.25, 0.3) is 0 Å². The molecule has 0 radical (unpaired) electrons. The van der Waals surface area contributed by atoms with Crippen molar-refractivity contribution >= 4 is 12.0 Å². The number of rotatable bonds is 5. The van der Waals surface area contributed by atoms with Gasteiger partial charge in [0, 0.05) is 31.1 Å². The highest BCUT2D eigenvalue weighted by molar-refractivity contribution is 5.76. The predicted molar refractivity (Wildman–Crippen MR) is 79.0 cm³/mol. The minimum absolute atomic E-state index is 0.223. The third-order valence-corrected chi connectivity index (χ3v) is 5.21. The first-order valence-corrected chi connectivity index (χ1v) is 8.40. The molecule has 0 aromatic rings. The van der Waals surface area contributed by atoms with E-state index in [2.05, 4.69) is 16.7 Å². The monoisotopic (exact) mass is 294 g/mol. The van der Waals surface area contributed by atoms with E-state index in [0.29, 0.717) is 6.04 Å². The Morgan fingerprint density at radius 3 is 2.24 bits per heavy atom. The fourth-order valence-corrected chi connectivity index (χ4v) is 4.23. The first-order valence-electron chi connectivity index (χ1n) is 8.40. The summed E-state index contributed by atoms with van der Waals surface area (Å²) in [6, 6.07) is 1.24. The maximum absolute atomic E-state index is 12.9. The molecule has 21 heavy (non-hydrogen) atoms. The Morgan fingerprint density at radius 1 is 1.14 bits per heavy atom. The molecule has 1 aliphatic carbocycles. The minimum Gasteiger partial charge on any atom is -0.481 e. The maximum atomic E-state index is 12.9. The van der Waals surface area contributed by atoms with Crippen LogP contribution < -0.4 is 0 Å². The van der Waals surface area contributed by atoms with Crippen LogP contribution in [0.25, 0.3) is 0 Å². The van der Waals surface area contributed by atoms with Gasteiger partial charge in [0.2, 0.25) is 0 Å². The van der Waals surface area contributed by atoms with E-state index in [-0.39, 0.29) is 30.5 Å². The molecule has 0 aromatic carbocycles. The quantitative estimate of drug-likeness (QED) is 0.848. The lowest BCUT2D eigenvalue weighted by atomic mass is 9.88. The van der Waals surface area contributed by atoms with Crippen molar-refractivity contribution in [2.75, 3.05) is 6.54 Å². The molecule has 5 nitrogen and oxygen atoms in total. The van der Waals surface area contributed by atoms with Crippen molar-refractivity contribution < 1.29 is 14.7 Å². The van der Waals surface area contributed by atoms with E-state index in [1.165, 1.54) is 0 Å². The highest BCUT2D eigenvalue weighted by Gasteiger charge is 2.46. The van der Waals surface area contributed by atoms with Crippen LogP contribution in [0.4, 0.5) is 4.79 Å². The fourth-order valence-electron chi connectivity index (χ4n) is 4.23. The Morgan fingerprint density at radius 2 is 1.76 bits per heavy atom. The van der Waals surface area contributed by atoms with Crippen molar-refractivity contribution in [1.29, 1.82) is 0 Å². The molecule has 3 fully saturated rings. The van der Waals surface area contributed by atoms with Crippen molar-refractivity contribution in [2.45, 2.75) is 76.4 Å². The van der Waals surface area contributed by atoms with Crippen molar-refractivity contribution in [3.05, 3.63) is 0 Å². The highest BCUT2D eigenvalue weighted by Crippen LogP contribution is 2.41. The highest BCUT2D eigenvalue weighted by atomic mass is 16.4. The smallest absolute Gasteiger partial charge is 0.320 e. The molecule has 2 unspecified atom stereocenters. The number of nitrogens with zero attached hydrogens (tertiary/aromatic N) is 2. The van der Waals surface area contributed by atoms with E-state index < -0.39 is 5.97 Å². The van der Waals surface area contributed by atoms with Crippen molar-refractivity contribution in [3.8, 4) is 0 Å². The van der Waals surface area contributed by atoms with E-state index in [1.807, 2.05) is 0 Å². The number of piperidine rings is 1. The first kappa shape index (κ1) is 14.7. The van der Waals surface area contributed by atoms with Crippen molar-refractivity contribution in [2.24, 2.45) is 5.92 Å². The van der Waals surface area contributed by atoms with E-state index >= 15 is 0 Å². The van der Waals surface area contributed by atoms with Crippen LogP contribution in [-0.2, 0) is 4.79 Å². The minimum atomic E-state index is -0.704. The van der Waals surface area contributed by atoms with Gasteiger partial charge in [0.15, 0.2) is 0 Å². The van der Waals surface area contributed by atoms with Gasteiger partial charge in [0.1, 0.15) is 0 Å². The largest absolute Gasteiger partial charge is 0.481 e. The molecule has 3 rings (SSSR count). The van der Waals surface area contributed by atoms with Crippen LogP contribution in [-0.4, -0.2) is 51.6 Å². The molecule has 2 atom stereocenters. The Bertz CT molecular complexity index is 408. The molecule has 3 aliphatic rings. The molecule has 2 heterocycles. The summed E-state index contributed by atoms with van der Waals surface area (Å²) in [5, 5.41) is 8.98. The Hall–Kier alpha value is -1.26. The third-order valence-electron chi connectivity index (χ3n) is 5.21. The van der Waals surface area contributed by atoms with Crippen LogP contribution >= 0.6 is 0 Å². The molecule has 2 bridgehead atoms. The van der Waals surface area contributed by atoms with Crippen LogP contribution in [0.3, 0.4) is 0 Å². The van der Waals surface area contributed by atoms with Gasteiger partial charge in [0.05, 0.1) is 0 Å². The van der Waals surface area contributed by atoms with E-state index in [0.717, 1.165) is 51.5 Å². The van der Waals surface area contributed by atoms with Crippen LogP contribution in [0, 0.1) is 5.92 Å². The van der Waals surface area contributed by atoms with Gasteiger partial charge in [-0.2, -0.15) is 0 Å². The number of hydrogen-bond acceptors (Lipinski definition) is 2. The average molecular weight is 294 g/mol. The molecular weight excluding hydrogens is 268 g/mol. The van der Waals surface area contributed by atoms with Gasteiger partial charge in [-0.15, -0.1) is 0 Å². The van der Waals surface area contributed by atoms with E-state index in [4.69, 9.17) is 5.11 Å². The normalized spacial score (nSPS) is 31.3. The number of carboxylic acids is 1. The lowest BCUT2D eigenvalue weighted by molar-refractivity contribution is -0.138. The Kier molecular flexibility index (Phi) is 4.09. The molecule has 2 amide bonds. The summed E-state index contributed by atoms with van der Waals surface area (Å²) < 4.78 is 0. The molecule has 2 saturated heterocycles. The molecule has 2 aliphatic heterocycles.